The molecule has 0 fully saturated rings. The summed E-state index contributed by atoms with van der Waals surface area (Å²) in [6.07, 6.45) is 2.35. The fourth-order valence-corrected chi connectivity index (χ4v) is 2.66. The zero-order valence-corrected chi connectivity index (χ0v) is 11.9. The van der Waals surface area contributed by atoms with Crippen LogP contribution in [0.1, 0.15) is 30.8 Å². The molecule has 0 bridgehead atoms. The first-order valence-corrected chi connectivity index (χ1v) is 7.46. The standard InChI is InChI=1S/C15H20N2S/c1-3-5-12-6-8-13(9-7-12)14-11-18-15(17-14)10-16-4-2/h6-9,11,16H,3-5,10H2,1-2H3. The van der Waals surface area contributed by atoms with Crippen molar-refractivity contribution >= 4 is 11.3 Å². The van der Waals surface area contributed by atoms with Gasteiger partial charge in [-0.15, -0.1) is 11.3 Å². The van der Waals surface area contributed by atoms with Crippen LogP contribution in [0.25, 0.3) is 11.3 Å². The van der Waals surface area contributed by atoms with Crippen LogP contribution in [0, 0.1) is 0 Å². The van der Waals surface area contributed by atoms with E-state index >= 15 is 0 Å². The first-order chi connectivity index (χ1) is 8.83. The van der Waals surface area contributed by atoms with E-state index in [1.807, 2.05) is 0 Å². The second kappa shape index (κ2) is 6.66. The molecule has 0 atom stereocenters. The summed E-state index contributed by atoms with van der Waals surface area (Å²) in [4.78, 5) is 4.65. The third kappa shape index (κ3) is 3.40. The first kappa shape index (κ1) is 13.2. The minimum absolute atomic E-state index is 0.870. The Morgan fingerprint density at radius 2 is 1.94 bits per heavy atom. The van der Waals surface area contributed by atoms with Crippen LogP contribution in [-0.2, 0) is 13.0 Å². The number of nitrogens with zero attached hydrogens (tertiary/aromatic N) is 1. The van der Waals surface area contributed by atoms with E-state index in [1.165, 1.54) is 17.5 Å². The Morgan fingerprint density at radius 1 is 1.17 bits per heavy atom. The molecule has 3 heteroatoms. The van der Waals surface area contributed by atoms with Gasteiger partial charge < -0.3 is 5.32 Å². The van der Waals surface area contributed by atoms with Crippen molar-refractivity contribution in [3.63, 3.8) is 0 Å². The van der Waals surface area contributed by atoms with Crippen molar-refractivity contribution in [1.29, 1.82) is 0 Å². The largest absolute Gasteiger partial charge is 0.311 e. The highest BCUT2D eigenvalue weighted by atomic mass is 32.1. The molecule has 1 heterocycles. The molecule has 0 saturated carbocycles. The average Bonchev–Trinajstić information content (AvgIpc) is 2.86. The number of aryl methyl sites for hydroxylation is 1. The molecule has 0 aliphatic carbocycles. The Hall–Kier alpha value is -1.19. The van der Waals surface area contributed by atoms with E-state index < -0.39 is 0 Å². The van der Waals surface area contributed by atoms with Gasteiger partial charge in [0.05, 0.1) is 5.69 Å². The number of rotatable bonds is 6. The Kier molecular flexibility index (Phi) is 4.90. The zero-order chi connectivity index (χ0) is 12.8. The summed E-state index contributed by atoms with van der Waals surface area (Å²) >= 11 is 1.73. The van der Waals surface area contributed by atoms with E-state index in [1.54, 1.807) is 11.3 Å². The molecule has 0 aliphatic rings. The van der Waals surface area contributed by atoms with Gasteiger partial charge in [-0.05, 0) is 18.5 Å². The number of hydrogen-bond donors (Lipinski definition) is 1. The Balaban J connectivity index is 2.08. The SMILES string of the molecule is CCCc1ccc(-c2csc(CNCC)n2)cc1. The monoisotopic (exact) mass is 260 g/mol. The number of aromatic nitrogens is 1. The van der Waals surface area contributed by atoms with Gasteiger partial charge >= 0.3 is 0 Å². The van der Waals surface area contributed by atoms with E-state index in [9.17, 15) is 0 Å². The second-order valence-electron chi connectivity index (χ2n) is 4.35. The lowest BCUT2D eigenvalue weighted by Crippen LogP contribution is -2.11. The molecule has 0 amide bonds. The van der Waals surface area contributed by atoms with E-state index in [4.69, 9.17) is 0 Å². The molecule has 2 rings (SSSR count). The molecule has 2 aromatic rings. The summed E-state index contributed by atoms with van der Waals surface area (Å²) in [5.41, 5.74) is 3.72. The number of hydrogen-bond acceptors (Lipinski definition) is 3. The molecular weight excluding hydrogens is 240 g/mol. The summed E-state index contributed by atoms with van der Waals surface area (Å²) in [5.74, 6) is 0. The topological polar surface area (TPSA) is 24.9 Å². The van der Waals surface area contributed by atoms with Gasteiger partial charge in [-0.25, -0.2) is 4.98 Å². The number of benzene rings is 1. The highest BCUT2D eigenvalue weighted by molar-refractivity contribution is 7.09. The summed E-state index contributed by atoms with van der Waals surface area (Å²) in [7, 11) is 0. The van der Waals surface area contributed by atoms with Crippen molar-refractivity contribution in [2.45, 2.75) is 33.2 Å². The van der Waals surface area contributed by atoms with Crippen LogP contribution >= 0.6 is 11.3 Å². The normalized spacial score (nSPS) is 10.8. The van der Waals surface area contributed by atoms with Crippen LogP contribution < -0.4 is 5.32 Å². The number of thiazole rings is 1. The maximum absolute atomic E-state index is 4.65. The lowest BCUT2D eigenvalue weighted by atomic mass is 10.1. The third-order valence-corrected chi connectivity index (χ3v) is 3.72. The van der Waals surface area contributed by atoms with Crippen LogP contribution in [0.4, 0.5) is 0 Å². The minimum atomic E-state index is 0.870. The maximum atomic E-state index is 4.65. The second-order valence-corrected chi connectivity index (χ2v) is 5.30. The van der Waals surface area contributed by atoms with Gasteiger partial charge in [0.15, 0.2) is 0 Å². The fourth-order valence-electron chi connectivity index (χ4n) is 1.89. The van der Waals surface area contributed by atoms with Gasteiger partial charge in [0.25, 0.3) is 0 Å². The van der Waals surface area contributed by atoms with Gasteiger partial charge in [0.2, 0.25) is 0 Å². The molecule has 96 valence electrons. The molecule has 1 aromatic heterocycles. The lowest BCUT2D eigenvalue weighted by Gasteiger charge is -2.00. The van der Waals surface area contributed by atoms with Gasteiger partial charge in [-0.3, -0.25) is 0 Å². The molecule has 0 saturated heterocycles. The van der Waals surface area contributed by atoms with E-state index in [-0.39, 0.29) is 0 Å². The summed E-state index contributed by atoms with van der Waals surface area (Å²) < 4.78 is 0. The van der Waals surface area contributed by atoms with Gasteiger partial charge in [-0.2, -0.15) is 0 Å². The van der Waals surface area contributed by atoms with E-state index in [0.29, 0.717) is 0 Å². The molecule has 1 aromatic carbocycles. The van der Waals surface area contributed by atoms with Crippen LogP contribution in [0.5, 0.6) is 0 Å². The smallest absolute Gasteiger partial charge is 0.107 e. The van der Waals surface area contributed by atoms with Crippen LogP contribution in [0.15, 0.2) is 29.6 Å². The van der Waals surface area contributed by atoms with Gasteiger partial charge in [-0.1, -0.05) is 44.5 Å². The van der Waals surface area contributed by atoms with Crippen molar-refractivity contribution in [2.24, 2.45) is 0 Å². The Morgan fingerprint density at radius 3 is 2.61 bits per heavy atom. The fraction of sp³-hybridized carbons (Fsp3) is 0.400. The third-order valence-electron chi connectivity index (χ3n) is 2.87. The van der Waals surface area contributed by atoms with E-state index in [2.05, 4.69) is 53.8 Å². The minimum Gasteiger partial charge on any atom is -0.311 e. The lowest BCUT2D eigenvalue weighted by molar-refractivity contribution is 0.723. The summed E-state index contributed by atoms with van der Waals surface area (Å²) in [6.45, 7) is 6.18. The van der Waals surface area contributed by atoms with Crippen molar-refractivity contribution in [1.82, 2.24) is 10.3 Å². The highest BCUT2D eigenvalue weighted by Crippen LogP contribution is 2.22. The average molecular weight is 260 g/mol. The van der Waals surface area contributed by atoms with Crippen molar-refractivity contribution in [3.8, 4) is 11.3 Å². The molecule has 0 radical (unpaired) electrons. The summed E-state index contributed by atoms with van der Waals surface area (Å²) in [6, 6.07) is 8.78. The van der Waals surface area contributed by atoms with Crippen molar-refractivity contribution in [3.05, 3.63) is 40.2 Å². The van der Waals surface area contributed by atoms with Gasteiger partial charge in [0.1, 0.15) is 5.01 Å². The quantitative estimate of drug-likeness (QED) is 0.852. The Bertz CT molecular complexity index is 473. The maximum Gasteiger partial charge on any atom is 0.107 e. The van der Waals surface area contributed by atoms with Crippen LogP contribution in [0.3, 0.4) is 0 Å². The predicted molar refractivity (Wildman–Crippen MR) is 78.9 cm³/mol. The molecule has 18 heavy (non-hydrogen) atoms. The molecular formula is C15H20N2S. The van der Waals surface area contributed by atoms with Crippen LogP contribution in [-0.4, -0.2) is 11.5 Å². The van der Waals surface area contributed by atoms with Crippen molar-refractivity contribution < 1.29 is 0 Å². The predicted octanol–water partition coefficient (Wildman–Crippen LogP) is 3.87. The summed E-state index contributed by atoms with van der Waals surface area (Å²) in [5, 5.41) is 6.60. The van der Waals surface area contributed by atoms with E-state index in [0.717, 1.165) is 30.2 Å². The molecule has 0 spiro atoms. The molecule has 0 unspecified atom stereocenters. The molecule has 0 aliphatic heterocycles. The van der Waals surface area contributed by atoms with Crippen molar-refractivity contribution in [2.75, 3.05) is 6.54 Å². The molecule has 1 N–H and O–H groups in total. The zero-order valence-electron chi connectivity index (χ0n) is 11.1. The number of nitrogens with one attached hydrogen (secondary N) is 1. The van der Waals surface area contributed by atoms with Crippen LogP contribution in [0.2, 0.25) is 0 Å². The molecule has 2 nitrogen and oxygen atoms in total. The Labute approximate surface area is 113 Å². The van der Waals surface area contributed by atoms with Gasteiger partial charge in [0, 0.05) is 17.5 Å². The highest BCUT2D eigenvalue weighted by Gasteiger charge is 2.04. The first-order valence-electron chi connectivity index (χ1n) is 6.58.